The van der Waals surface area contributed by atoms with Crippen molar-refractivity contribution < 1.29 is 73.4 Å². The number of rotatable bonds is 25. The van der Waals surface area contributed by atoms with Crippen LogP contribution in [0.25, 0.3) is 0 Å². The summed E-state index contributed by atoms with van der Waals surface area (Å²) >= 11 is 0. The van der Waals surface area contributed by atoms with Gasteiger partial charge in [0, 0.05) is 12.8 Å². The van der Waals surface area contributed by atoms with Crippen molar-refractivity contribution in [3.8, 4) is 0 Å². The van der Waals surface area contributed by atoms with Crippen LogP contribution in [0.5, 0.6) is 0 Å². The highest BCUT2D eigenvalue weighted by atomic mass is 16.5. The lowest BCUT2D eigenvalue weighted by molar-refractivity contribution is -0.178. The van der Waals surface area contributed by atoms with Crippen molar-refractivity contribution in [2.24, 2.45) is 29.4 Å². The summed E-state index contributed by atoms with van der Waals surface area (Å²) in [7, 11) is 0. The molecule has 1 heterocycles. The summed E-state index contributed by atoms with van der Waals surface area (Å²) in [6.45, 7) is 11.7. The quantitative estimate of drug-likeness (QED) is 0.0407. The third-order valence-corrected chi connectivity index (χ3v) is 9.97. The molecule has 0 bridgehead atoms. The average Bonchev–Trinajstić information content (AvgIpc) is 3.18. The van der Waals surface area contributed by atoms with Crippen molar-refractivity contribution in [3.05, 3.63) is 0 Å². The number of aliphatic hydroxyl groups is 4. The second-order valence-electron chi connectivity index (χ2n) is 16.9. The first-order chi connectivity index (χ1) is 29.3. The smallest absolute Gasteiger partial charge is 0.328 e. The van der Waals surface area contributed by atoms with Crippen LogP contribution in [0.3, 0.4) is 0 Å². The largest absolute Gasteiger partial charge is 0.480 e. The van der Waals surface area contributed by atoms with Gasteiger partial charge in [0.15, 0.2) is 6.23 Å². The van der Waals surface area contributed by atoms with Gasteiger partial charge in [0.25, 0.3) is 0 Å². The lowest BCUT2D eigenvalue weighted by Gasteiger charge is -2.43. The van der Waals surface area contributed by atoms with Gasteiger partial charge in [-0.15, -0.1) is 0 Å². The number of carbonyl (C=O) groups is 9. The zero-order valence-corrected chi connectivity index (χ0v) is 37.3. The van der Waals surface area contributed by atoms with E-state index in [0.717, 1.165) is 6.92 Å². The standard InChI is InChI=1S/C39H69N9O15/c1-16(2)10-22(42-32(55)20(8)40)33(56)43-23(11-17(3)4)35(58)48-29(18(5)6)37(60)44-24(34(57)45-25(13-49)36(59)46-26(14-50)39(61)62)12-28(53)47-38-30(41-21(9)52)31(54)19(7)27(15-51)63-38/h16-20,22-27,29-31,38,49-51,54H,10-15,40H2,1-9H3,(H,41,52)(H,42,55)(H,43,56)(H,44,60)(H,45,57)(H,46,59)(H,47,53)(H,48,58)(H,61,62). The fourth-order valence-electron chi connectivity index (χ4n) is 6.42. The average molecular weight is 904 g/mol. The highest BCUT2D eigenvalue weighted by Gasteiger charge is 2.44. The number of nitrogens with one attached hydrogen (secondary N) is 8. The second-order valence-corrected chi connectivity index (χ2v) is 16.9. The Kier molecular flexibility index (Phi) is 23.6. The molecule has 8 amide bonds. The molecule has 1 rings (SSSR count). The number of nitrogens with two attached hydrogens (primary N) is 1. The third kappa shape index (κ3) is 18.3. The number of amides is 8. The third-order valence-electron chi connectivity index (χ3n) is 9.97. The first-order valence-corrected chi connectivity index (χ1v) is 20.8. The molecule has 1 aliphatic heterocycles. The van der Waals surface area contributed by atoms with E-state index in [9.17, 15) is 68.7 Å². The van der Waals surface area contributed by atoms with Gasteiger partial charge in [-0.1, -0.05) is 48.5 Å². The van der Waals surface area contributed by atoms with Gasteiger partial charge >= 0.3 is 5.97 Å². The van der Waals surface area contributed by atoms with Crippen molar-refractivity contribution in [1.82, 2.24) is 42.5 Å². The van der Waals surface area contributed by atoms with Crippen molar-refractivity contribution in [1.29, 1.82) is 0 Å². The fraction of sp³-hybridized carbons (Fsp3) is 0.769. The molecule has 0 spiro atoms. The van der Waals surface area contributed by atoms with Crippen LogP contribution >= 0.6 is 0 Å². The Balaban J connectivity index is 3.55. The molecule has 0 saturated carbocycles. The van der Waals surface area contributed by atoms with Gasteiger partial charge in [0.2, 0.25) is 47.3 Å². The zero-order chi connectivity index (χ0) is 48.5. The zero-order valence-electron chi connectivity index (χ0n) is 37.3. The molecule has 360 valence electrons. The van der Waals surface area contributed by atoms with E-state index in [4.69, 9.17) is 10.5 Å². The van der Waals surface area contributed by atoms with E-state index in [1.807, 2.05) is 19.2 Å². The van der Waals surface area contributed by atoms with E-state index in [1.165, 1.54) is 13.8 Å². The maximum atomic E-state index is 14.0. The first kappa shape index (κ1) is 56.0. The van der Waals surface area contributed by atoms with E-state index in [1.54, 1.807) is 27.7 Å². The van der Waals surface area contributed by atoms with Crippen LogP contribution < -0.4 is 48.3 Å². The van der Waals surface area contributed by atoms with Gasteiger partial charge in [-0.3, -0.25) is 38.4 Å². The Morgan fingerprint density at radius 1 is 0.619 bits per heavy atom. The van der Waals surface area contributed by atoms with Gasteiger partial charge < -0.3 is 78.5 Å². The molecule has 15 N–H and O–H groups in total. The molecular weight excluding hydrogens is 834 g/mol. The van der Waals surface area contributed by atoms with E-state index in [-0.39, 0.29) is 24.7 Å². The summed E-state index contributed by atoms with van der Waals surface area (Å²) in [6.07, 6.45) is -4.48. The second kappa shape index (κ2) is 26.6. The molecule has 0 aromatic heterocycles. The monoisotopic (exact) mass is 903 g/mol. The molecule has 12 unspecified atom stereocenters. The molecule has 1 fully saturated rings. The number of aliphatic hydroxyl groups excluding tert-OH is 4. The maximum Gasteiger partial charge on any atom is 0.328 e. The van der Waals surface area contributed by atoms with Crippen LogP contribution in [-0.4, -0.2) is 165 Å². The number of hydrogen-bond acceptors (Lipinski definition) is 15. The summed E-state index contributed by atoms with van der Waals surface area (Å²) in [5, 5.41) is 68.4. The molecule has 0 radical (unpaired) electrons. The van der Waals surface area contributed by atoms with Crippen LogP contribution in [0.2, 0.25) is 0 Å². The van der Waals surface area contributed by atoms with Crippen LogP contribution in [0.15, 0.2) is 0 Å². The minimum Gasteiger partial charge on any atom is -0.480 e. The molecule has 12 atom stereocenters. The summed E-state index contributed by atoms with van der Waals surface area (Å²) < 4.78 is 5.76. The lowest BCUT2D eigenvalue weighted by atomic mass is 9.88. The van der Waals surface area contributed by atoms with Crippen LogP contribution in [-0.2, 0) is 47.9 Å². The number of ether oxygens (including phenoxy) is 1. The van der Waals surface area contributed by atoms with Gasteiger partial charge in [-0.25, -0.2) is 4.79 Å². The predicted octanol–water partition coefficient (Wildman–Crippen LogP) is -5.22. The SMILES string of the molecule is CC(=O)NC1C(NC(=O)CC(NC(=O)C(NC(=O)C(CC(C)C)NC(=O)C(CC(C)C)NC(=O)C(C)N)C(C)C)C(=O)NC(CO)C(=O)NC(CO)C(=O)O)OC(CO)C(C)C1O. The van der Waals surface area contributed by atoms with E-state index < -0.39 is 158 Å². The minimum atomic E-state index is -1.91. The normalized spacial score (nSPS) is 22.0. The summed E-state index contributed by atoms with van der Waals surface area (Å²) in [5.74, 6) is -10.6. The predicted molar refractivity (Wildman–Crippen MR) is 222 cm³/mol. The van der Waals surface area contributed by atoms with Gasteiger partial charge in [0.05, 0.1) is 50.5 Å². The van der Waals surface area contributed by atoms with Crippen molar-refractivity contribution >= 4 is 53.2 Å². The number of carbonyl (C=O) groups excluding carboxylic acids is 8. The molecule has 0 aromatic rings. The highest BCUT2D eigenvalue weighted by molar-refractivity contribution is 5.98. The van der Waals surface area contributed by atoms with Gasteiger partial charge in [-0.2, -0.15) is 0 Å². The van der Waals surface area contributed by atoms with Crippen molar-refractivity contribution in [2.45, 2.75) is 148 Å². The van der Waals surface area contributed by atoms with E-state index >= 15 is 0 Å². The summed E-state index contributed by atoms with van der Waals surface area (Å²) in [6, 6.07) is -11.5. The Hall–Kier alpha value is -5.01. The molecule has 24 heteroatoms. The summed E-state index contributed by atoms with van der Waals surface area (Å²) in [5.41, 5.74) is 5.69. The van der Waals surface area contributed by atoms with Crippen molar-refractivity contribution in [2.75, 3.05) is 19.8 Å². The first-order valence-electron chi connectivity index (χ1n) is 20.8. The maximum absolute atomic E-state index is 14.0. The number of hydrogen-bond donors (Lipinski definition) is 14. The van der Waals surface area contributed by atoms with E-state index in [2.05, 4.69) is 37.2 Å². The van der Waals surface area contributed by atoms with E-state index in [0.29, 0.717) is 0 Å². The molecule has 1 aliphatic rings. The minimum absolute atomic E-state index is 0.0569. The highest BCUT2D eigenvalue weighted by Crippen LogP contribution is 2.25. The fourth-order valence-corrected chi connectivity index (χ4v) is 6.42. The lowest BCUT2D eigenvalue weighted by Crippen LogP contribution is -2.66. The number of carboxylic acid groups (broad SMARTS) is 1. The number of aliphatic carboxylic acids is 1. The Labute approximate surface area is 366 Å². The van der Waals surface area contributed by atoms with Gasteiger partial charge in [0.1, 0.15) is 36.3 Å². The molecule has 0 aromatic carbocycles. The van der Waals surface area contributed by atoms with Crippen LogP contribution in [0.4, 0.5) is 0 Å². The summed E-state index contributed by atoms with van der Waals surface area (Å²) in [4.78, 5) is 118. The molecule has 0 aliphatic carbocycles. The topological polar surface area (TPSA) is 386 Å². The number of carboxylic acids is 1. The van der Waals surface area contributed by atoms with Gasteiger partial charge in [-0.05, 0) is 37.5 Å². The molecule has 24 nitrogen and oxygen atoms in total. The molecular formula is C39H69N9O15. The van der Waals surface area contributed by atoms with Crippen molar-refractivity contribution in [3.63, 3.8) is 0 Å². The van der Waals surface area contributed by atoms with Crippen LogP contribution in [0.1, 0.15) is 81.6 Å². The Morgan fingerprint density at radius 3 is 1.51 bits per heavy atom. The molecule has 63 heavy (non-hydrogen) atoms. The Morgan fingerprint density at radius 2 is 1.06 bits per heavy atom. The Bertz CT molecular complexity index is 1600. The molecule has 1 saturated heterocycles. The van der Waals surface area contributed by atoms with Crippen LogP contribution in [0, 0.1) is 23.7 Å².